The average molecular weight is 508 g/mol. The number of nitrogens with zero attached hydrogens (tertiary/aromatic N) is 1. The molecule has 3 aromatic rings. The molecule has 0 radical (unpaired) electrons. The van der Waals surface area contributed by atoms with E-state index in [1.54, 1.807) is 25.3 Å². The number of carbonyl (C=O) groups is 1. The van der Waals surface area contributed by atoms with Crippen LogP contribution in [0.4, 0.5) is 0 Å². The van der Waals surface area contributed by atoms with E-state index in [9.17, 15) is 9.59 Å². The Morgan fingerprint density at radius 1 is 1.16 bits per heavy atom. The fourth-order valence-electron chi connectivity index (χ4n) is 3.85. The molecule has 1 atom stereocenters. The van der Waals surface area contributed by atoms with Crippen LogP contribution < -0.4 is 15.5 Å². The summed E-state index contributed by atoms with van der Waals surface area (Å²) in [6, 6.07) is 14.4. The van der Waals surface area contributed by atoms with Crippen LogP contribution in [0.5, 0.6) is 5.75 Å². The van der Waals surface area contributed by atoms with Crippen molar-refractivity contribution in [2.45, 2.75) is 18.9 Å². The van der Waals surface area contributed by atoms with Gasteiger partial charge in [0.1, 0.15) is 11.3 Å². The van der Waals surface area contributed by atoms with Gasteiger partial charge in [0.15, 0.2) is 11.2 Å². The Morgan fingerprint density at radius 2 is 1.87 bits per heavy atom. The second-order valence-corrected chi connectivity index (χ2v) is 8.27. The Labute approximate surface area is 195 Å². The summed E-state index contributed by atoms with van der Waals surface area (Å²) in [6.45, 7) is 2.41. The van der Waals surface area contributed by atoms with Crippen LogP contribution in [-0.4, -0.2) is 37.6 Å². The van der Waals surface area contributed by atoms with E-state index >= 15 is 0 Å². The third-order valence-electron chi connectivity index (χ3n) is 5.45. The first-order chi connectivity index (χ1) is 14.5. The second-order valence-electron chi connectivity index (χ2n) is 7.36. The summed E-state index contributed by atoms with van der Waals surface area (Å²) in [6.07, 6.45) is 2.30. The zero-order chi connectivity index (χ0) is 21.1. The minimum absolute atomic E-state index is 0. The van der Waals surface area contributed by atoms with Crippen molar-refractivity contribution in [3.8, 4) is 5.75 Å². The highest BCUT2D eigenvalue weighted by atomic mass is 79.9. The normalized spacial score (nSPS) is 14.8. The highest BCUT2D eigenvalue weighted by Crippen LogP contribution is 2.26. The Balaban J connectivity index is 0.00000272. The first-order valence-electron chi connectivity index (χ1n) is 9.95. The summed E-state index contributed by atoms with van der Waals surface area (Å²) < 4.78 is 11.7. The minimum atomic E-state index is -0.394. The number of hydrogen-bond donors (Lipinski definition) is 1. The number of nitrogens with one attached hydrogen (secondary N) is 1. The topological polar surface area (TPSA) is 71.8 Å². The lowest BCUT2D eigenvalue weighted by molar-refractivity contribution is 0.0910. The molecule has 1 aliphatic rings. The number of methoxy groups -OCH3 is 1. The van der Waals surface area contributed by atoms with Gasteiger partial charge in [-0.25, -0.2) is 0 Å². The molecule has 2 aromatic carbocycles. The Bertz CT molecular complexity index is 1110. The van der Waals surface area contributed by atoms with E-state index in [-0.39, 0.29) is 29.6 Å². The molecular weight excluding hydrogens is 484 g/mol. The number of halogens is 2. The van der Waals surface area contributed by atoms with Crippen LogP contribution in [0.3, 0.4) is 0 Å². The summed E-state index contributed by atoms with van der Waals surface area (Å²) in [4.78, 5) is 27.5. The SMILES string of the molecule is COc1ccc(C(CNC(=O)c2cc(=O)c3cc(Br)ccc3o2)N2CCCC2)cc1.Cl. The van der Waals surface area contributed by atoms with Crippen LogP contribution in [0.1, 0.15) is 35.0 Å². The van der Waals surface area contributed by atoms with E-state index in [0.29, 0.717) is 17.5 Å². The number of benzene rings is 2. The largest absolute Gasteiger partial charge is 0.497 e. The number of likely N-dealkylation sites (tertiary alicyclic amines) is 1. The molecule has 4 rings (SSSR count). The molecule has 1 saturated heterocycles. The van der Waals surface area contributed by atoms with Gasteiger partial charge < -0.3 is 14.5 Å². The van der Waals surface area contributed by atoms with E-state index in [4.69, 9.17) is 9.15 Å². The van der Waals surface area contributed by atoms with E-state index in [0.717, 1.165) is 41.7 Å². The number of rotatable bonds is 6. The Morgan fingerprint density at radius 3 is 2.55 bits per heavy atom. The van der Waals surface area contributed by atoms with Gasteiger partial charge in [0, 0.05) is 17.1 Å². The van der Waals surface area contributed by atoms with Gasteiger partial charge in [-0.2, -0.15) is 0 Å². The van der Waals surface area contributed by atoms with E-state index in [1.165, 1.54) is 6.07 Å². The molecule has 164 valence electrons. The maximum absolute atomic E-state index is 12.8. The van der Waals surface area contributed by atoms with Crippen LogP contribution in [0.25, 0.3) is 11.0 Å². The number of hydrogen-bond acceptors (Lipinski definition) is 5. The van der Waals surface area contributed by atoms with Gasteiger partial charge in [0.2, 0.25) is 0 Å². The lowest BCUT2D eigenvalue weighted by atomic mass is 10.1. The van der Waals surface area contributed by atoms with Gasteiger partial charge >= 0.3 is 0 Å². The van der Waals surface area contributed by atoms with Crippen LogP contribution in [-0.2, 0) is 0 Å². The van der Waals surface area contributed by atoms with Gasteiger partial charge in [-0.05, 0) is 61.8 Å². The molecule has 1 aliphatic heterocycles. The zero-order valence-electron chi connectivity index (χ0n) is 17.1. The summed E-state index contributed by atoms with van der Waals surface area (Å²) in [5.74, 6) is 0.423. The molecule has 1 fully saturated rings. The number of amides is 1. The van der Waals surface area contributed by atoms with Crippen LogP contribution in [0.2, 0.25) is 0 Å². The second kappa shape index (κ2) is 10.3. The van der Waals surface area contributed by atoms with Crippen molar-refractivity contribution in [1.29, 1.82) is 0 Å². The predicted molar refractivity (Wildman–Crippen MR) is 126 cm³/mol. The van der Waals surface area contributed by atoms with Crippen molar-refractivity contribution in [3.63, 3.8) is 0 Å². The summed E-state index contributed by atoms with van der Waals surface area (Å²) >= 11 is 3.35. The highest BCUT2D eigenvalue weighted by Gasteiger charge is 2.24. The molecule has 0 aliphatic carbocycles. The van der Waals surface area contributed by atoms with E-state index in [2.05, 4.69) is 26.1 Å². The average Bonchev–Trinajstić information content (AvgIpc) is 3.29. The van der Waals surface area contributed by atoms with Crippen LogP contribution in [0.15, 0.2) is 62.2 Å². The van der Waals surface area contributed by atoms with Crippen LogP contribution >= 0.6 is 28.3 Å². The lowest BCUT2D eigenvalue weighted by Gasteiger charge is -2.28. The highest BCUT2D eigenvalue weighted by molar-refractivity contribution is 9.10. The standard InChI is InChI=1S/C23H23BrN2O4.ClH/c1-29-17-7-4-15(5-8-17)19(26-10-2-3-11-26)14-25-23(28)22-13-20(27)18-12-16(24)6-9-21(18)30-22;/h4-9,12-13,19H,2-3,10-11,14H2,1H3,(H,25,28);1H. The van der Waals surface area contributed by atoms with Crippen molar-refractivity contribution in [2.24, 2.45) is 0 Å². The Kier molecular flexibility index (Phi) is 7.75. The molecule has 1 unspecified atom stereocenters. The smallest absolute Gasteiger partial charge is 0.287 e. The van der Waals surface area contributed by atoms with Crippen LogP contribution in [0, 0.1) is 0 Å². The summed E-state index contributed by atoms with van der Waals surface area (Å²) in [5, 5.41) is 3.39. The van der Waals surface area contributed by atoms with Gasteiger partial charge in [-0.15, -0.1) is 12.4 Å². The summed E-state index contributed by atoms with van der Waals surface area (Å²) in [5.41, 5.74) is 1.26. The minimum Gasteiger partial charge on any atom is -0.497 e. The number of ether oxygens (including phenoxy) is 1. The fourth-order valence-corrected chi connectivity index (χ4v) is 4.22. The van der Waals surface area contributed by atoms with Gasteiger partial charge in [0.25, 0.3) is 5.91 Å². The van der Waals surface area contributed by atoms with Crippen molar-refractivity contribution >= 4 is 45.2 Å². The fraction of sp³-hybridized carbons (Fsp3) is 0.304. The molecular formula is C23H24BrClN2O4. The quantitative estimate of drug-likeness (QED) is 0.530. The molecule has 1 amide bonds. The maximum atomic E-state index is 12.8. The van der Waals surface area contributed by atoms with Gasteiger partial charge in [-0.1, -0.05) is 28.1 Å². The van der Waals surface area contributed by atoms with Gasteiger partial charge in [0.05, 0.1) is 18.5 Å². The number of carbonyl (C=O) groups excluding carboxylic acids is 1. The first kappa shape index (κ1) is 23.3. The molecule has 8 heteroatoms. The molecule has 0 saturated carbocycles. The van der Waals surface area contributed by atoms with Crippen molar-refractivity contribution in [1.82, 2.24) is 10.2 Å². The first-order valence-corrected chi connectivity index (χ1v) is 10.7. The molecule has 0 bridgehead atoms. The molecule has 2 heterocycles. The third kappa shape index (κ3) is 5.29. The molecule has 1 aromatic heterocycles. The monoisotopic (exact) mass is 506 g/mol. The third-order valence-corrected chi connectivity index (χ3v) is 5.94. The number of fused-ring (bicyclic) bond motifs is 1. The van der Waals surface area contributed by atoms with E-state index < -0.39 is 5.91 Å². The molecule has 31 heavy (non-hydrogen) atoms. The van der Waals surface area contributed by atoms with Gasteiger partial charge in [-0.3, -0.25) is 14.5 Å². The van der Waals surface area contributed by atoms with Crippen molar-refractivity contribution in [3.05, 3.63) is 74.6 Å². The maximum Gasteiger partial charge on any atom is 0.287 e. The predicted octanol–water partition coefficient (Wildman–Crippen LogP) is 4.55. The van der Waals surface area contributed by atoms with E-state index in [1.807, 2.05) is 24.3 Å². The molecule has 1 N–H and O–H groups in total. The lowest BCUT2D eigenvalue weighted by Crippen LogP contribution is -2.37. The molecule has 0 spiro atoms. The van der Waals surface area contributed by atoms with Crippen molar-refractivity contribution in [2.75, 3.05) is 26.7 Å². The Hall–Kier alpha value is -2.35. The molecule has 6 nitrogen and oxygen atoms in total. The van der Waals surface area contributed by atoms with Crippen molar-refractivity contribution < 1.29 is 13.9 Å². The zero-order valence-corrected chi connectivity index (χ0v) is 19.5. The summed E-state index contributed by atoms with van der Waals surface area (Å²) in [7, 11) is 1.64.